The van der Waals surface area contributed by atoms with Crippen LogP contribution in [-0.4, -0.2) is 50.6 Å². The van der Waals surface area contributed by atoms with E-state index in [9.17, 15) is 20.4 Å². The van der Waals surface area contributed by atoms with Gasteiger partial charge in [0.1, 0.15) is 0 Å². The second kappa shape index (κ2) is 6.86. The molecule has 1 aliphatic heterocycles. The Labute approximate surface area is 212 Å². The molecule has 35 heavy (non-hydrogen) atoms. The predicted molar refractivity (Wildman–Crippen MR) is 134 cm³/mol. The summed E-state index contributed by atoms with van der Waals surface area (Å²) < 4.78 is 6.79. The van der Waals surface area contributed by atoms with Gasteiger partial charge in [-0.05, 0) is 91.3 Å². The van der Waals surface area contributed by atoms with Crippen molar-refractivity contribution in [3.63, 3.8) is 0 Å². The lowest BCUT2D eigenvalue weighted by atomic mass is 9.30. The fourth-order valence-corrected chi connectivity index (χ4v) is 12.3. The Morgan fingerprint density at radius 3 is 1.94 bits per heavy atom. The van der Waals surface area contributed by atoms with E-state index in [4.69, 9.17) is 4.74 Å². The summed E-state index contributed by atoms with van der Waals surface area (Å²) in [5.74, 6) is 0.914. The van der Waals surface area contributed by atoms with Crippen LogP contribution in [0.2, 0.25) is 0 Å². The summed E-state index contributed by atoms with van der Waals surface area (Å²) in [6, 6.07) is 0. The highest BCUT2D eigenvalue weighted by Gasteiger charge is 2.83. The van der Waals surface area contributed by atoms with E-state index in [0.717, 1.165) is 44.9 Å². The van der Waals surface area contributed by atoms with Gasteiger partial charge in [0.05, 0.1) is 29.3 Å². The molecule has 6 rings (SSSR count). The topological polar surface area (TPSA) is 90.2 Å². The molecule has 5 nitrogen and oxygen atoms in total. The summed E-state index contributed by atoms with van der Waals surface area (Å²) in [6.07, 6.45) is 5.13. The first kappa shape index (κ1) is 25.1. The Morgan fingerprint density at radius 2 is 1.26 bits per heavy atom. The molecule has 4 N–H and O–H groups in total. The smallest absolute Gasteiger partial charge is 0.166 e. The van der Waals surface area contributed by atoms with Gasteiger partial charge in [0.25, 0.3) is 0 Å². The minimum Gasteiger partial charge on any atom is -0.393 e. The van der Waals surface area contributed by atoms with Gasteiger partial charge in [0, 0.05) is 11.3 Å². The van der Waals surface area contributed by atoms with Gasteiger partial charge in [0.2, 0.25) is 0 Å². The Bertz CT molecular complexity index is 916. The third kappa shape index (κ3) is 2.55. The molecule has 5 aliphatic carbocycles. The van der Waals surface area contributed by atoms with Gasteiger partial charge in [-0.25, -0.2) is 0 Å². The van der Waals surface area contributed by atoms with Gasteiger partial charge < -0.3 is 25.2 Å². The van der Waals surface area contributed by atoms with Gasteiger partial charge in [-0.2, -0.15) is 0 Å². The number of hydrogen-bond donors (Lipinski definition) is 4. The molecular weight excluding hydrogens is 440 g/mol. The number of fused-ring (bicyclic) bond motifs is 4. The molecule has 200 valence electrons. The monoisotopic (exact) mass is 490 g/mol. The van der Waals surface area contributed by atoms with Crippen molar-refractivity contribution in [1.82, 2.24) is 0 Å². The van der Waals surface area contributed by atoms with Crippen molar-refractivity contribution < 1.29 is 25.2 Å². The SMILES string of the molecule is CC1(C)C[C@@H]2[C@]3(C(O)O[C@@]24CC[C@@H]2[C@@]5(C)CC[C@H](O)C(C)(C)[C@@H]5CC[C@@]2(C)[C@]4(C)C[C@H]3O)[C@@H](O)C1. The fraction of sp³-hybridized carbons (Fsp3) is 1.00. The summed E-state index contributed by atoms with van der Waals surface area (Å²) in [6.45, 7) is 16.3. The maximum Gasteiger partial charge on any atom is 0.166 e. The minimum absolute atomic E-state index is 0.0430. The largest absolute Gasteiger partial charge is 0.393 e. The van der Waals surface area contributed by atoms with E-state index >= 15 is 0 Å². The van der Waals surface area contributed by atoms with Crippen LogP contribution in [-0.2, 0) is 4.74 Å². The van der Waals surface area contributed by atoms with Crippen molar-refractivity contribution in [3.05, 3.63) is 0 Å². The van der Waals surface area contributed by atoms with Gasteiger partial charge in [0.15, 0.2) is 6.29 Å². The van der Waals surface area contributed by atoms with Gasteiger partial charge >= 0.3 is 0 Å². The molecule has 2 bridgehead atoms. The van der Waals surface area contributed by atoms with Gasteiger partial charge in [-0.15, -0.1) is 0 Å². The molecule has 5 heteroatoms. The van der Waals surface area contributed by atoms with E-state index in [0.29, 0.717) is 24.7 Å². The van der Waals surface area contributed by atoms with Crippen LogP contribution in [0.4, 0.5) is 0 Å². The van der Waals surface area contributed by atoms with Crippen molar-refractivity contribution in [2.75, 3.05) is 0 Å². The Hall–Kier alpha value is -0.200. The van der Waals surface area contributed by atoms with Crippen molar-refractivity contribution >= 4 is 0 Å². The molecule has 12 atom stereocenters. The normalized spacial score (nSPS) is 62.3. The zero-order valence-corrected chi connectivity index (χ0v) is 23.1. The lowest BCUT2D eigenvalue weighted by molar-refractivity contribution is -0.305. The molecule has 1 heterocycles. The predicted octanol–water partition coefficient (Wildman–Crippen LogP) is 4.64. The maximum absolute atomic E-state index is 11.9. The standard InChI is InChI=1S/C30H50O5/c1-24(2)14-19-29-13-9-18-26(5)11-10-20(31)25(3,4)17(26)8-12-27(18,6)28(29,7)16-22(33)30(19,21(32)15-24)23(34)35-29/h17-23,31-34H,8-16H2,1-7H3/t17-,18+,19-,20-,21-,22+,23?,26-,27+,28-,29-,30-/m0/s1. The molecule has 1 unspecified atom stereocenters. The summed E-state index contributed by atoms with van der Waals surface area (Å²) in [5.41, 5.74) is -1.85. The fourth-order valence-electron chi connectivity index (χ4n) is 12.3. The molecule has 0 radical (unpaired) electrons. The van der Waals surface area contributed by atoms with E-state index in [-0.39, 0.29) is 39.1 Å². The van der Waals surface area contributed by atoms with E-state index in [1.54, 1.807) is 0 Å². The first-order chi connectivity index (χ1) is 16.0. The number of rotatable bonds is 0. The van der Waals surface area contributed by atoms with Crippen LogP contribution in [0.1, 0.15) is 106 Å². The molecule has 1 saturated heterocycles. The highest BCUT2D eigenvalue weighted by Crippen LogP contribution is 2.81. The van der Waals surface area contributed by atoms with E-state index < -0.39 is 29.5 Å². The molecule has 6 aliphatic rings. The average Bonchev–Trinajstić information content (AvgIpc) is 2.93. The zero-order chi connectivity index (χ0) is 25.6. The lowest BCUT2D eigenvalue weighted by Gasteiger charge is -2.75. The highest BCUT2D eigenvalue weighted by atomic mass is 16.6. The molecule has 0 aromatic heterocycles. The Balaban J connectivity index is 1.48. The van der Waals surface area contributed by atoms with Crippen LogP contribution in [0, 0.1) is 50.2 Å². The summed E-state index contributed by atoms with van der Waals surface area (Å²) >= 11 is 0. The zero-order valence-electron chi connectivity index (χ0n) is 23.1. The summed E-state index contributed by atoms with van der Waals surface area (Å²) in [4.78, 5) is 0. The minimum atomic E-state index is -1.12. The molecular formula is C30H50O5. The van der Waals surface area contributed by atoms with Crippen LogP contribution in [0.3, 0.4) is 0 Å². The van der Waals surface area contributed by atoms with E-state index in [1.165, 1.54) is 0 Å². The first-order valence-corrected chi connectivity index (χ1v) is 14.4. The Morgan fingerprint density at radius 1 is 0.629 bits per heavy atom. The van der Waals surface area contributed by atoms with Crippen LogP contribution >= 0.6 is 0 Å². The average molecular weight is 491 g/mol. The number of ether oxygens (including phenoxy) is 1. The second-order valence-corrected chi connectivity index (χ2v) is 16.0. The van der Waals surface area contributed by atoms with Crippen molar-refractivity contribution in [2.24, 2.45) is 50.2 Å². The van der Waals surface area contributed by atoms with Crippen LogP contribution in [0.15, 0.2) is 0 Å². The van der Waals surface area contributed by atoms with Crippen molar-refractivity contribution in [1.29, 1.82) is 0 Å². The summed E-state index contributed by atoms with van der Waals surface area (Å²) in [7, 11) is 0. The summed E-state index contributed by atoms with van der Waals surface area (Å²) in [5, 5.41) is 45.8. The van der Waals surface area contributed by atoms with Gasteiger partial charge in [-0.3, -0.25) is 0 Å². The number of hydrogen-bond acceptors (Lipinski definition) is 5. The maximum atomic E-state index is 11.9. The molecule has 5 saturated carbocycles. The van der Waals surface area contributed by atoms with Crippen LogP contribution < -0.4 is 0 Å². The Kier molecular flexibility index (Phi) is 4.92. The lowest BCUT2D eigenvalue weighted by Crippen LogP contribution is -2.75. The van der Waals surface area contributed by atoms with Crippen LogP contribution in [0.5, 0.6) is 0 Å². The third-order valence-electron chi connectivity index (χ3n) is 14.2. The first-order valence-electron chi connectivity index (χ1n) is 14.4. The third-order valence-corrected chi connectivity index (χ3v) is 14.2. The molecule has 1 spiro atoms. The highest BCUT2D eigenvalue weighted by molar-refractivity contribution is 5.30. The molecule has 0 aromatic carbocycles. The van der Waals surface area contributed by atoms with Crippen molar-refractivity contribution in [3.8, 4) is 0 Å². The van der Waals surface area contributed by atoms with Crippen LogP contribution in [0.25, 0.3) is 0 Å². The molecule has 0 aromatic rings. The number of aliphatic hydroxyl groups is 4. The van der Waals surface area contributed by atoms with E-state index in [2.05, 4.69) is 48.5 Å². The number of aliphatic hydroxyl groups excluding tert-OH is 4. The van der Waals surface area contributed by atoms with E-state index in [1.807, 2.05) is 0 Å². The molecule has 0 amide bonds. The van der Waals surface area contributed by atoms with Gasteiger partial charge in [-0.1, -0.05) is 48.5 Å². The molecule has 6 fully saturated rings. The van der Waals surface area contributed by atoms with Crippen molar-refractivity contribution in [2.45, 2.75) is 136 Å². The quantitative estimate of drug-likeness (QED) is 0.397. The second-order valence-electron chi connectivity index (χ2n) is 16.0.